The molecule has 0 aromatic rings. The van der Waals surface area contributed by atoms with E-state index >= 15 is 0 Å². The molecule has 2 unspecified atom stereocenters. The molecule has 0 aromatic heterocycles. The molecule has 0 aliphatic rings. The summed E-state index contributed by atoms with van der Waals surface area (Å²) < 4.78 is 32.0. The summed E-state index contributed by atoms with van der Waals surface area (Å²) in [4.78, 5) is 34.5. The van der Waals surface area contributed by atoms with Crippen LogP contribution in [0.15, 0.2) is 72.9 Å². The molecule has 0 saturated carbocycles. The van der Waals surface area contributed by atoms with Crippen molar-refractivity contribution in [1.29, 1.82) is 0 Å². The van der Waals surface area contributed by atoms with Gasteiger partial charge in [0, 0.05) is 20.0 Å². The Kier molecular flexibility index (Phi) is 39.3. The molecule has 2 atom stereocenters. The van der Waals surface area contributed by atoms with E-state index in [0.717, 1.165) is 110 Å². The van der Waals surface area contributed by atoms with Gasteiger partial charge in [0.1, 0.15) is 6.61 Å². The summed E-state index contributed by atoms with van der Waals surface area (Å²) in [6, 6.07) is 0. The Morgan fingerprint density at radius 2 is 0.927 bits per heavy atom. The molecule has 0 aliphatic carbocycles. The molecule has 0 spiro atoms. The van der Waals surface area contributed by atoms with Crippen molar-refractivity contribution in [1.82, 2.24) is 0 Å². The summed E-state index contributed by atoms with van der Waals surface area (Å²) in [5, 5.41) is 0. The van der Waals surface area contributed by atoms with Crippen molar-refractivity contribution in [3.63, 3.8) is 0 Å². The second-order valence-electron chi connectivity index (χ2n) is 14.1. The van der Waals surface area contributed by atoms with Crippen LogP contribution in [0.2, 0.25) is 0 Å². The third-order valence-electron chi connectivity index (χ3n) is 8.93. The number of phosphoric acid groups is 1. The molecular weight excluding hydrogens is 711 g/mol. The average Bonchev–Trinajstić information content (AvgIpc) is 3.18. The fraction of sp³-hybridized carbons (Fsp3) is 0.696. The Balaban J connectivity index is 4.05. The summed E-state index contributed by atoms with van der Waals surface area (Å²) in [6.45, 7) is 3.73. The lowest BCUT2D eigenvalue weighted by Crippen LogP contribution is -2.29. The Morgan fingerprint density at radius 1 is 0.527 bits per heavy atom. The van der Waals surface area contributed by atoms with Crippen LogP contribution in [0.4, 0.5) is 0 Å². The van der Waals surface area contributed by atoms with Crippen LogP contribution in [0.3, 0.4) is 0 Å². The van der Waals surface area contributed by atoms with Crippen LogP contribution in [0, 0.1) is 0 Å². The number of esters is 2. The first-order valence-electron chi connectivity index (χ1n) is 21.6. The molecular formula is C46H79O8P. The predicted molar refractivity (Wildman–Crippen MR) is 230 cm³/mol. The lowest BCUT2D eigenvalue weighted by atomic mass is 10.1. The van der Waals surface area contributed by atoms with E-state index in [0.29, 0.717) is 6.42 Å². The minimum Gasteiger partial charge on any atom is -0.462 e. The summed E-state index contributed by atoms with van der Waals surface area (Å²) in [5.74, 6) is -0.834. The van der Waals surface area contributed by atoms with Crippen molar-refractivity contribution in [2.45, 2.75) is 187 Å². The summed E-state index contributed by atoms with van der Waals surface area (Å²) >= 11 is 0. The maximum absolute atomic E-state index is 12.5. The molecule has 55 heavy (non-hydrogen) atoms. The van der Waals surface area contributed by atoms with Gasteiger partial charge < -0.3 is 14.4 Å². The van der Waals surface area contributed by atoms with Crippen LogP contribution in [0.25, 0.3) is 0 Å². The van der Waals surface area contributed by atoms with Gasteiger partial charge in [0.15, 0.2) is 6.10 Å². The van der Waals surface area contributed by atoms with Gasteiger partial charge in [-0.15, -0.1) is 0 Å². The van der Waals surface area contributed by atoms with E-state index in [2.05, 4.69) is 91.3 Å². The predicted octanol–water partition coefficient (Wildman–Crippen LogP) is 13.7. The van der Waals surface area contributed by atoms with Gasteiger partial charge in [-0.2, -0.15) is 0 Å². The third-order valence-corrected chi connectivity index (χ3v) is 9.87. The highest BCUT2D eigenvalue weighted by Gasteiger charge is 2.24. The molecule has 1 N–H and O–H groups in total. The molecule has 0 heterocycles. The number of phosphoric ester groups is 1. The van der Waals surface area contributed by atoms with E-state index in [-0.39, 0.29) is 25.4 Å². The fourth-order valence-corrected chi connectivity index (χ4v) is 6.08. The molecule has 0 saturated heterocycles. The topological polar surface area (TPSA) is 108 Å². The van der Waals surface area contributed by atoms with Gasteiger partial charge in [0.05, 0.1) is 6.61 Å². The smallest absolute Gasteiger partial charge is 0.462 e. The fourth-order valence-electron chi connectivity index (χ4n) is 5.62. The van der Waals surface area contributed by atoms with E-state index in [1.807, 2.05) is 0 Å². The molecule has 9 heteroatoms. The Labute approximate surface area is 336 Å². The van der Waals surface area contributed by atoms with E-state index in [4.69, 9.17) is 14.0 Å². The standard InChI is InChI=1S/C46H79O8P/c1-4-6-8-10-12-14-16-18-20-22-23-25-27-29-31-33-35-37-39-41-46(48)54-44(43-53-55(49,50)51-3)42-52-45(47)40-38-36-34-32-30-28-26-24-21-19-17-15-13-11-9-7-5-2/h7,9,12-15,18-21,23,25,44H,4-6,8,10-11,16-17,22,24,26-43H2,1-3H3,(H,49,50)/b9-7-,14-12-,15-13-,20-18-,21-19-,25-23-. The summed E-state index contributed by atoms with van der Waals surface area (Å²) in [7, 11) is -3.22. The molecule has 0 fully saturated rings. The molecule has 0 rings (SSSR count). The minimum atomic E-state index is -4.27. The Morgan fingerprint density at radius 3 is 1.38 bits per heavy atom. The van der Waals surface area contributed by atoms with Gasteiger partial charge in [0.25, 0.3) is 0 Å². The largest absolute Gasteiger partial charge is 0.472 e. The van der Waals surface area contributed by atoms with Crippen molar-refractivity contribution < 1.29 is 37.6 Å². The van der Waals surface area contributed by atoms with Gasteiger partial charge >= 0.3 is 19.8 Å². The van der Waals surface area contributed by atoms with Gasteiger partial charge in [0.2, 0.25) is 0 Å². The molecule has 0 radical (unpaired) electrons. The van der Waals surface area contributed by atoms with Crippen LogP contribution in [-0.4, -0.2) is 43.3 Å². The van der Waals surface area contributed by atoms with E-state index in [1.165, 1.54) is 44.9 Å². The van der Waals surface area contributed by atoms with Gasteiger partial charge in [-0.3, -0.25) is 18.6 Å². The zero-order valence-electron chi connectivity index (χ0n) is 35.1. The quantitative estimate of drug-likeness (QED) is 0.0284. The number of allylic oxidation sites excluding steroid dienone is 12. The average molecular weight is 791 g/mol. The van der Waals surface area contributed by atoms with Crippen molar-refractivity contribution in [3.8, 4) is 0 Å². The second-order valence-corrected chi connectivity index (χ2v) is 15.7. The molecule has 8 nitrogen and oxygen atoms in total. The highest BCUT2D eigenvalue weighted by molar-refractivity contribution is 7.47. The maximum Gasteiger partial charge on any atom is 0.472 e. The van der Waals surface area contributed by atoms with Crippen LogP contribution in [0.1, 0.15) is 181 Å². The first-order chi connectivity index (χ1) is 26.8. The zero-order valence-corrected chi connectivity index (χ0v) is 36.0. The minimum absolute atomic E-state index is 0.224. The molecule has 0 aliphatic heterocycles. The second kappa shape index (κ2) is 41.1. The SMILES string of the molecule is CC/C=C\C/C=C\C/C=C\CCCCCCCCCC(=O)OCC(COP(=O)(O)OC)OC(=O)CCCCCCCC/C=C\C/C=C\C/C=C\CCCCC. The summed E-state index contributed by atoms with van der Waals surface area (Å²) in [5.41, 5.74) is 0. The van der Waals surface area contributed by atoms with Gasteiger partial charge in [-0.05, 0) is 83.5 Å². The lowest BCUT2D eigenvalue weighted by molar-refractivity contribution is -0.161. The Hall–Kier alpha value is -2.51. The van der Waals surface area contributed by atoms with Crippen LogP contribution in [-0.2, 0) is 32.7 Å². The van der Waals surface area contributed by atoms with Gasteiger partial charge in [-0.25, -0.2) is 4.57 Å². The van der Waals surface area contributed by atoms with Crippen molar-refractivity contribution in [2.75, 3.05) is 20.3 Å². The highest BCUT2D eigenvalue weighted by atomic mass is 31.2. The Bertz CT molecular complexity index is 1120. The van der Waals surface area contributed by atoms with E-state index in [9.17, 15) is 19.0 Å². The van der Waals surface area contributed by atoms with Crippen molar-refractivity contribution >= 4 is 19.8 Å². The number of rotatable bonds is 39. The highest BCUT2D eigenvalue weighted by Crippen LogP contribution is 2.42. The monoisotopic (exact) mass is 791 g/mol. The lowest BCUT2D eigenvalue weighted by Gasteiger charge is -2.19. The molecule has 0 aromatic carbocycles. The molecule has 316 valence electrons. The number of carbonyl (C=O) groups excluding carboxylic acids is 2. The number of ether oxygens (including phenoxy) is 2. The molecule has 0 amide bonds. The molecule has 0 bridgehead atoms. The zero-order chi connectivity index (χ0) is 40.3. The first kappa shape index (κ1) is 52.5. The van der Waals surface area contributed by atoms with Crippen molar-refractivity contribution in [2.24, 2.45) is 0 Å². The van der Waals surface area contributed by atoms with Crippen LogP contribution in [0.5, 0.6) is 0 Å². The van der Waals surface area contributed by atoms with Crippen molar-refractivity contribution in [3.05, 3.63) is 72.9 Å². The third kappa shape index (κ3) is 41.0. The maximum atomic E-state index is 12.5. The normalized spacial score (nSPS) is 14.0. The van der Waals surface area contributed by atoms with E-state index < -0.39 is 26.5 Å². The number of unbranched alkanes of at least 4 members (excludes halogenated alkanes) is 16. The number of hydrogen-bond donors (Lipinski definition) is 1. The van der Waals surface area contributed by atoms with Crippen LogP contribution >= 0.6 is 7.82 Å². The summed E-state index contributed by atoms with van der Waals surface area (Å²) in [6.07, 6.45) is 52.3. The number of carbonyl (C=O) groups is 2. The van der Waals surface area contributed by atoms with E-state index in [1.54, 1.807) is 0 Å². The van der Waals surface area contributed by atoms with Gasteiger partial charge in [-0.1, -0.05) is 157 Å². The van der Waals surface area contributed by atoms with Crippen LogP contribution < -0.4 is 0 Å². The first-order valence-corrected chi connectivity index (χ1v) is 23.1. The number of hydrogen-bond acceptors (Lipinski definition) is 7.